The van der Waals surface area contributed by atoms with Gasteiger partial charge in [-0.3, -0.25) is 9.20 Å². The molecule has 0 aliphatic carbocycles. The van der Waals surface area contributed by atoms with Crippen LogP contribution in [0.15, 0.2) is 70.1 Å². The zero-order valence-electron chi connectivity index (χ0n) is 13.7. The van der Waals surface area contributed by atoms with E-state index in [0.717, 1.165) is 21.9 Å². The molecule has 0 aliphatic rings. The Morgan fingerprint density at radius 3 is 2.39 bits per heavy atom. The van der Waals surface area contributed by atoms with Crippen LogP contribution >= 0.6 is 0 Å². The van der Waals surface area contributed by atoms with E-state index in [1.165, 1.54) is 5.56 Å². The van der Waals surface area contributed by atoms with Gasteiger partial charge in [0, 0.05) is 16.9 Å². The van der Waals surface area contributed by atoms with E-state index < -0.39 is 10.8 Å². The summed E-state index contributed by atoms with van der Waals surface area (Å²) >= 11 is 0. The van der Waals surface area contributed by atoms with Crippen LogP contribution in [0, 0.1) is 6.92 Å². The molecule has 0 bridgehead atoms. The van der Waals surface area contributed by atoms with Crippen LogP contribution in [0.5, 0.6) is 5.75 Å². The Morgan fingerprint density at radius 1 is 1.13 bits per heavy atom. The van der Waals surface area contributed by atoms with Gasteiger partial charge < -0.3 is 4.74 Å². The van der Waals surface area contributed by atoms with Crippen molar-refractivity contribution < 1.29 is 8.95 Å². The molecule has 2 rings (SSSR count). The van der Waals surface area contributed by atoms with Gasteiger partial charge >= 0.3 is 0 Å². The SMILES string of the molecule is COc1ccc(N=C/C(C)=C/C[S@@](=O)c2ccc(C)cc2)cc1. The van der Waals surface area contributed by atoms with E-state index in [0.29, 0.717) is 5.75 Å². The fraction of sp³-hybridized carbons (Fsp3) is 0.211. The number of aliphatic imine (C=N–C) groups is 1. The van der Waals surface area contributed by atoms with E-state index in [9.17, 15) is 4.21 Å². The molecule has 0 unspecified atom stereocenters. The number of rotatable bonds is 6. The third-order valence-corrected chi connectivity index (χ3v) is 4.60. The topological polar surface area (TPSA) is 38.7 Å². The van der Waals surface area contributed by atoms with Crippen molar-refractivity contribution in [3.8, 4) is 5.75 Å². The third-order valence-electron chi connectivity index (χ3n) is 3.33. The highest BCUT2D eigenvalue weighted by atomic mass is 32.2. The highest BCUT2D eigenvalue weighted by Crippen LogP contribution is 2.17. The average molecular weight is 327 g/mol. The molecule has 0 spiro atoms. The van der Waals surface area contributed by atoms with Gasteiger partial charge in [-0.2, -0.15) is 0 Å². The number of benzene rings is 2. The summed E-state index contributed by atoms with van der Waals surface area (Å²) in [6.07, 6.45) is 3.73. The molecule has 4 heteroatoms. The van der Waals surface area contributed by atoms with Gasteiger partial charge in [0.1, 0.15) is 5.75 Å². The highest BCUT2D eigenvalue weighted by molar-refractivity contribution is 7.85. The molecular weight excluding hydrogens is 306 g/mol. The molecule has 1 atom stereocenters. The van der Waals surface area contributed by atoms with E-state index in [-0.39, 0.29) is 0 Å². The lowest BCUT2D eigenvalue weighted by Gasteiger charge is -2.01. The molecule has 0 N–H and O–H groups in total. The average Bonchev–Trinajstić information content (AvgIpc) is 2.59. The quantitative estimate of drug-likeness (QED) is 0.735. The standard InChI is InChI=1S/C19H21NO2S/c1-15-4-10-19(11-5-15)23(21)13-12-16(2)14-20-17-6-8-18(22-3)9-7-17/h4-12,14H,13H2,1-3H3/b16-12+,20-14?/t23-/m1/s1. The minimum Gasteiger partial charge on any atom is -0.497 e. The molecule has 0 amide bonds. The predicted octanol–water partition coefficient (Wildman–Crippen LogP) is 4.46. The zero-order chi connectivity index (χ0) is 16.7. The monoisotopic (exact) mass is 327 g/mol. The largest absolute Gasteiger partial charge is 0.497 e. The zero-order valence-corrected chi connectivity index (χ0v) is 14.5. The van der Waals surface area contributed by atoms with Gasteiger partial charge in [0.15, 0.2) is 0 Å². The first-order chi connectivity index (χ1) is 11.1. The summed E-state index contributed by atoms with van der Waals surface area (Å²) in [5.41, 5.74) is 3.02. The van der Waals surface area contributed by atoms with Crippen molar-refractivity contribution in [2.75, 3.05) is 12.9 Å². The Balaban J connectivity index is 1.95. The van der Waals surface area contributed by atoms with Crippen molar-refractivity contribution in [1.29, 1.82) is 0 Å². The van der Waals surface area contributed by atoms with Crippen LogP contribution in [-0.2, 0) is 10.8 Å². The Kier molecular flexibility index (Phi) is 6.29. The molecule has 0 fully saturated rings. The molecule has 120 valence electrons. The van der Waals surface area contributed by atoms with Crippen LogP contribution in [-0.4, -0.2) is 23.3 Å². The van der Waals surface area contributed by atoms with E-state index in [4.69, 9.17) is 4.74 Å². The number of ether oxygens (including phenoxy) is 1. The molecular formula is C19H21NO2S. The first kappa shape index (κ1) is 17.2. The third kappa shape index (κ3) is 5.49. The maximum absolute atomic E-state index is 12.2. The van der Waals surface area contributed by atoms with Crippen molar-refractivity contribution >= 4 is 22.7 Å². The van der Waals surface area contributed by atoms with Gasteiger partial charge in [0.2, 0.25) is 0 Å². The first-order valence-electron chi connectivity index (χ1n) is 7.38. The van der Waals surface area contributed by atoms with Gasteiger partial charge in [-0.15, -0.1) is 0 Å². The lowest BCUT2D eigenvalue weighted by atomic mass is 10.2. The van der Waals surface area contributed by atoms with Gasteiger partial charge in [-0.1, -0.05) is 23.8 Å². The number of methoxy groups -OCH3 is 1. The summed E-state index contributed by atoms with van der Waals surface area (Å²) in [6.45, 7) is 3.98. The Hall–Kier alpha value is -2.20. The van der Waals surface area contributed by atoms with Crippen LogP contribution in [0.1, 0.15) is 12.5 Å². The van der Waals surface area contributed by atoms with E-state index in [1.54, 1.807) is 13.3 Å². The summed E-state index contributed by atoms with van der Waals surface area (Å²) in [4.78, 5) is 5.25. The van der Waals surface area contributed by atoms with Crippen LogP contribution < -0.4 is 4.74 Å². The van der Waals surface area contributed by atoms with Crippen LogP contribution in [0.25, 0.3) is 0 Å². The van der Waals surface area contributed by atoms with Gasteiger partial charge in [0.05, 0.1) is 23.6 Å². The molecule has 0 radical (unpaired) electrons. The smallest absolute Gasteiger partial charge is 0.119 e. The Bertz CT molecular complexity index is 716. The minimum absolute atomic E-state index is 0.490. The van der Waals surface area contributed by atoms with Crippen molar-refractivity contribution in [2.45, 2.75) is 18.7 Å². The summed E-state index contributed by atoms with van der Waals surface area (Å²) in [5, 5.41) is 0. The molecule has 23 heavy (non-hydrogen) atoms. The van der Waals surface area contributed by atoms with E-state index in [1.807, 2.05) is 68.5 Å². The Morgan fingerprint density at radius 2 is 1.78 bits per heavy atom. The second kappa shape index (κ2) is 8.44. The maximum Gasteiger partial charge on any atom is 0.119 e. The Labute approximate surface area is 140 Å². The molecule has 0 aliphatic heterocycles. The van der Waals surface area contributed by atoms with E-state index in [2.05, 4.69) is 4.99 Å². The van der Waals surface area contributed by atoms with Gasteiger partial charge in [-0.05, 0) is 55.8 Å². The van der Waals surface area contributed by atoms with Crippen molar-refractivity contribution in [2.24, 2.45) is 4.99 Å². The highest BCUT2D eigenvalue weighted by Gasteiger charge is 2.01. The number of hydrogen-bond acceptors (Lipinski definition) is 3. The second-order valence-electron chi connectivity index (χ2n) is 5.23. The number of aryl methyl sites for hydroxylation is 1. The molecule has 0 saturated carbocycles. The molecule has 0 aromatic heterocycles. The minimum atomic E-state index is -1.02. The molecule has 0 saturated heterocycles. The van der Waals surface area contributed by atoms with Crippen LogP contribution in [0.2, 0.25) is 0 Å². The number of allylic oxidation sites excluding steroid dienone is 1. The lowest BCUT2D eigenvalue weighted by Crippen LogP contribution is -1.96. The summed E-state index contributed by atoms with van der Waals surface area (Å²) in [6, 6.07) is 15.3. The molecule has 0 heterocycles. The number of hydrogen-bond donors (Lipinski definition) is 0. The van der Waals surface area contributed by atoms with Crippen LogP contribution in [0.3, 0.4) is 0 Å². The van der Waals surface area contributed by atoms with Crippen LogP contribution in [0.4, 0.5) is 5.69 Å². The van der Waals surface area contributed by atoms with Crippen molar-refractivity contribution in [3.05, 3.63) is 65.7 Å². The van der Waals surface area contributed by atoms with Crippen molar-refractivity contribution in [3.63, 3.8) is 0 Å². The molecule has 2 aromatic rings. The molecule has 2 aromatic carbocycles. The maximum atomic E-state index is 12.2. The normalized spacial score (nSPS) is 13.3. The summed E-state index contributed by atoms with van der Waals surface area (Å²) in [7, 11) is 0.619. The van der Waals surface area contributed by atoms with E-state index >= 15 is 0 Å². The number of nitrogens with zero attached hydrogens (tertiary/aromatic N) is 1. The fourth-order valence-corrected chi connectivity index (χ4v) is 2.94. The van der Waals surface area contributed by atoms with Gasteiger partial charge in [-0.25, -0.2) is 0 Å². The summed E-state index contributed by atoms with van der Waals surface area (Å²) < 4.78 is 17.3. The first-order valence-corrected chi connectivity index (χ1v) is 8.70. The summed E-state index contributed by atoms with van der Waals surface area (Å²) in [5.74, 6) is 1.30. The van der Waals surface area contributed by atoms with Crippen molar-refractivity contribution in [1.82, 2.24) is 0 Å². The fourth-order valence-electron chi connectivity index (χ4n) is 1.89. The molecule has 3 nitrogen and oxygen atoms in total. The lowest BCUT2D eigenvalue weighted by molar-refractivity contribution is 0.415. The predicted molar refractivity (Wildman–Crippen MR) is 97.4 cm³/mol. The second-order valence-corrected chi connectivity index (χ2v) is 6.73. The van der Waals surface area contributed by atoms with Gasteiger partial charge in [0.25, 0.3) is 0 Å².